The minimum absolute atomic E-state index is 0.0972. The topological polar surface area (TPSA) is 77.8 Å². The lowest BCUT2D eigenvalue weighted by molar-refractivity contribution is -0.148. The van der Waals surface area contributed by atoms with Crippen molar-refractivity contribution < 1.29 is 28.6 Å². The van der Waals surface area contributed by atoms with E-state index in [0.717, 1.165) is 4.90 Å². The molecule has 0 aromatic heterocycles. The monoisotopic (exact) mass is 279 g/mol. The quantitative estimate of drug-likeness (QED) is 0.655. The molecule has 0 radical (unpaired) electrons. The molecule has 5 nitrogen and oxygen atoms in total. The van der Waals surface area contributed by atoms with Gasteiger partial charge < -0.3 is 15.1 Å². The minimum Gasteiger partial charge on any atom is -0.481 e. The van der Waals surface area contributed by atoms with Gasteiger partial charge >= 0.3 is 11.9 Å². The third-order valence-electron chi connectivity index (χ3n) is 3.26. The van der Waals surface area contributed by atoms with Gasteiger partial charge in [-0.05, 0) is 12.8 Å². The van der Waals surface area contributed by atoms with Gasteiger partial charge in [0.15, 0.2) is 0 Å². The largest absolute Gasteiger partial charge is 0.481 e. The van der Waals surface area contributed by atoms with E-state index in [9.17, 15) is 18.4 Å². The molecule has 110 valence electrons. The van der Waals surface area contributed by atoms with Crippen molar-refractivity contribution in [1.29, 1.82) is 0 Å². The Labute approximate surface area is 110 Å². The number of carboxylic acids is 1. The van der Waals surface area contributed by atoms with Crippen LogP contribution in [0.4, 0.5) is 8.78 Å². The second kappa shape index (κ2) is 6.79. The fraction of sp³-hybridized carbons (Fsp3) is 0.833. The van der Waals surface area contributed by atoms with Crippen LogP contribution in [0.3, 0.4) is 0 Å². The van der Waals surface area contributed by atoms with Crippen LogP contribution in [-0.2, 0) is 9.59 Å². The third-order valence-corrected chi connectivity index (χ3v) is 3.26. The summed E-state index contributed by atoms with van der Waals surface area (Å²) in [5.74, 6) is -5.43. The predicted octanol–water partition coefficient (Wildman–Crippen LogP) is 1.25. The van der Waals surface area contributed by atoms with Gasteiger partial charge in [-0.2, -0.15) is 8.78 Å². The van der Waals surface area contributed by atoms with Crippen LogP contribution in [0.1, 0.15) is 38.5 Å². The third kappa shape index (κ3) is 4.41. The number of amides is 1. The normalized spacial score (nSPS) is 21.9. The van der Waals surface area contributed by atoms with E-state index in [1.807, 2.05) is 0 Å². The number of aliphatic hydroxyl groups excluding tert-OH is 1. The molecule has 7 heteroatoms. The number of nitrogens with zero attached hydrogens (tertiary/aromatic N) is 1. The average molecular weight is 279 g/mol. The lowest BCUT2D eigenvalue weighted by Gasteiger charge is -2.22. The highest BCUT2D eigenvalue weighted by Crippen LogP contribution is 2.33. The number of hydrogen-bond donors (Lipinski definition) is 2. The van der Waals surface area contributed by atoms with Crippen molar-refractivity contribution in [2.45, 2.75) is 50.5 Å². The Kier molecular flexibility index (Phi) is 5.65. The summed E-state index contributed by atoms with van der Waals surface area (Å²) in [6.45, 7) is -0.271. The molecule has 0 bridgehead atoms. The molecular weight excluding hydrogens is 260 g/mol. The van der Waals surface area contributed by atoms with Crippen molar-refractivity contribution >= 4 is 11.9 Å². The molecule has 0 aromatic carbocycles. The smallest absolute Gasteiger partial charge is 0.326 e. The van der Waals surface area contributed by atoms with E-state index in [1.54, 1.807) is 0 Å². The second-order valence-corrected chi connectivity index (χ2v) is 4.80. The molecule has 19 heavy (non-hydrogen) atoms. The first-order chi connectivity index (χ1) is 8.88. The molecule has 1 fully saturated rings. The lowest BCUT2D eigenvalue weighted by Crippen LogP contribution is -2.38. The van der Waals surface area contributed by atoms with Gasteiger partial charge in [0.2, 0.25) is 0 Å². The molecule has 1 aliphatic rings. The van der Waals surface area contributed by atoms with E-state index in [2.05, 4.69) is 0 Å². The van der Waals surface area contributed by atoms with Crippen molar-refractivity contribution in [3.63, 3.8) is 0 Å². The summed E-state index contributed by atoms with van der Waals surface area (Å²) < 4.78 is 26.4. The number of carbonyl (C=O) groups is 2. The van der Waals surface area contributed by atoms with Gasteiger partial charge in [0.05, 0.1) is 12.6 Å². The number of rotatable bonds is 8. The van der Waals surface area contributed by atoms with Crippen LogP contribution >= 0.6 is 0 Å². The molecule has 0 saturated carbocycles. The first kappa shape index (κ1) is 15.8. The molecule has 0 unspecified atom stereocenters. The van der Waals surface area contributed by atoms with Crippen molar-refractivity contribution in [3.8, 4) is 0 Å². The van der Waals surface area contributed by atoms with E-state index in [4.69, 9.17) is 10.2 Å². The zero-order chi connectivity index (χ0) is 14.5. The zero-order valence-electron chi connectivity index (χ0n) is 10.6. The van der Waals surface area contributed by atoms with E-state index in [1.165, 1.54) is 0 Å². The van der Waals surface area contributed by atoms with Crippen molar-refractivity contribution in [3.05, 3.63) is 0 Å². The van der Waals surface area contributed by atoms with Crippen molar-refractivity contribution in [2.24, 2.45) is 0 Å². The van der Waals surface area contributed by atoms with Gasteiger partial charge in [-0.15, -0.1) is 0 Å². The molecule has 1 rings (SSSR count). The summed E-state index contributed by atoms with van der Waals surface area (Å²) in [7, 11) is 0. The van der Waals surface area contributed by atoms with Crippen LogP contribution in [0.25, 0.3) is 0 Å². The number of halogens is 2. The molecule has 2 N–H and O–H groups in total. The fourth-order valence-corrected chi connectivity index (χ4v) is 2.23. The van der Waals surface area contributed by atoms with E-state index in [-0.39, 0.29) is 13.0 Å². The Hall–Kier alpha value is -1.24. The summed E-state index contributed by atoms with van der Waals surface area (Å²) >= 11 is 0. The van der Waals surface area contributed by atoms with Gasteiger partial charge in [0, 0.05) is 19.4 Å². The Balaban J connectivity index is 2.28. The summed E-state index contributed by atoms with van der Waals surface area (Å²) in [6.07, 6.45) is 1.93. The Morgan fingerprint density at radius 3 is 2.53 bits per heavy atom. The molecule has 0 aromatic rings. The second-order valence-electron chi connectivity index (χ2n) is 4.80. The molecule has 1 aliphatic heterocycles. The van der Waals surface area contributed by atoms with Gasteiger partial charge in [-0.25, -0.2) is 0 Å². The standard InChI is InChI=1S/C12H19F2NO4/c13-12(14)7-9(8-16)15(11(12)19)6-4-2-1-3-5-10(17)18/h9,16H,1-8H2,(H,17,18)/t9-/m1/s1. The van der Waals surface area contributed by atoms with Crippen LogP contribution in [0.5, 0.6) is 0 Å². The molecular formula is C12H19F2NO4. The molecule has 0 spiro atoms. The van der Waals surface area contributed by atoms with Crippen LogP contribution in [-0.4, -0.2) is 52.1 Å². The van der Waals surface area contributed by atoms with Crippen LogP contribution in [0.15, 0.2) is 0 Å². The Morgan fingerprint density at radius 2 is 1.95 bits per heavy atom. The minimum atomic E-state index is -3.36. The highest BCUT2D eigenvalue weighted by atomic mass is 19.3. The van der Waals surface area contributed by atoms with Crippen LogP contribution < -0.4 is 0 Å². The maximum Gasteiger partial charge on any atom is 0.326 e. The molecule has 1 saturated heterocycles. The summed E-state index contributed by atoms with van der Waals surface area (Å²) in [5.41, 5.74) is 0. The highest BCUT2D eigenvalue weighted by Gasteiger charge is 2.52. The van der Waals surface area contributed by atoms with E-state index < -0.39 is 36.9 Å². The average Bonchev–Trinajstić information content (AvgIpc) is 2.55. The maximum atomic E-state index is 13.2. The van der Waals surface area contributed by atoms with Crippen LogP contribution in [0, 0.1) is 0 Å². The summed E-state index contributed by atoms with van der Waals surface area (Å²) in [5, 5.41) is 17.4. The van der Waals surface area contributed by atoms with E-state index >= 15 is 0 Å². The first-order valence-electron chi connectivity index (χ1n) is 6.40. The fourth-order valence-electron chi connectivity index (χ4n) is 2.23. The van der Waals surface area contributed by atoms with E-state index in [0.29, 0.717) is 25.7 Å². The highest BCUT2D eigenvalue weighted by molar-refractivity contribution is 5.86. The van der Waals surface area contributed by atoms with Gasteiger partial charge in [0.25, 0.3) is 5.91 Å². The maximum absolute atomic E-state index is 13.2. The summed E-state index contributed by atoms with van der Waals surface area (Å²) in [6, 6.07) is -0.804. The Bertz CT molecular complexity index is 336. The number of carboxylic acid groups (broad SMARTS) is 1. The van der Waals surface area contributed by atoms with Gasteiger partial charge in [-0.3, -0.25) is 9.59 Å². The number of unbranched alkanes of at least 4 members (excludes halogenated alkanes) is 3. The van der Waals surface area contributed by atoms with Crippen molar-refractivity contribution in [2.75, 3.05) is 13.2 Å². The predicted molar refractivity (Wildman–Crippen MR) is 62.9 cm³/mol. The molecule has 1 amide bonds. The van der Waals surface area contributed by atoms with Gasteiger partial charge in [-0.1, -0.05) is 12.8 Å². The number of aliphatic hydroxyl groups is 1. The number of carbonyl (C=O) groups excluding carboxylic acids is 1. The van der Waals surface area contributed by atoms with Crippen LogP contribution in [0.2, 0.25) is 0 Å². The Morgan fingerprint density at radius 1 is 1.32 bits per heavy atom. The number of likely N-dealkylation sites (tertiary alicyclic amines) is 1. The number of aliphatic carboxylic acids is 1. The first-order valence-corrected chi connectivity index (χ1v) is 6.40. The zero-order valence-corrected chi connectivity index (χ0v) is 10.6. The number of alkyl halides is 2. The SMILES string of the molecule is O=C(O)CCCCCCN1C(=O)C(F)(F)C[C@@H]1CO. The van der Waals surface area contributed by atoms with Crippen molar-refractivity contribution in [1.82, 2.24) is 4.90 Å². The molecule has 1 heterocycles. The summed E-state index contributed by atoms with van der Waals surface area (Å²) in [4.78, 5) is 22.7. The number of hydrogen-bond acceptors (Lipinski definition) is 3. The molecule has 1 atom stereocenters. The molecule has 0 aliphatic carbocycles. The van der Waals surface area contributed by atoms with Gasteiger partial charge in [0.1, 0.15) is 0 Å². The lowest BCUT2D eigenvalue weighted by atomic mass is 10.1.